The topological polar surface area (TPSA) is 50.2 Å². The molecule has 8 heteroatoms. The number of aryl methyl sites for hydroxylation is 1. The van der Waals surface area contributed by atoms with Crippen molar-refractivity contribution in [3.05, 3.63) is 59.4 Å². The van der Waals surface area contributed by atoms with Crippen LogP contribution in [0, 0.1) is 12.8 Å². The normalized spacial score (nSPS) is 19.7. The minimum atomic E-state index is -4.61. The third kappa shape index (κ3) is 4.24. The van der Waals surface area contributed by atoms with E-state index in [1.807, 2.05) is 0 Å². The first-order chi connectivity index (χ1) is 15.8. The Labute approximate surface area is 190 Å². The van der Waals surface area contributed by atoms with Crippen LogP contribution in [0.3, 0.4) is 0 Å². The van der Waals surface area contributed by atoms with Gasteiger partial charge in [-0.15, -0.1) is 0 Å². The molecule has 1 amide bonds. The van der Waals surface area contributed by atoms with Gasteiger partial charge in [0, 0.05) is 24.7 Å². The molecule has 1 atom stereocenters. The van der Waals surface area contributed by atoms with Crippen LogP contribution in [0.15, 0.2) is 42.5 Å². The molecule has 33 heavy (non-hydrogen) atoms. The number of para-hydroxylation sites is 2. The number of rotatable bonds is 5. The monoisotopic (exact) mass is 456 g/mol. The van der Waals surface area contributed by atoms with Crippen LogP contribution < -0.4 is 5.32 Å². The number of aromatic nitrogens is 2. The summed E-state index contributed by atoms with van der Waals surface area (Å²) in [7, 11) is 0. The Morgan fingerprint density at radius 2 is 1.94 bits per heavy atom. The predicted octanol–water partition coefficient (Wildman–Crippen LogP) is 4.96. The fraction of sp³-hybridized carbons (Fsp3) is 0.440. The Bertz CT molecular complexity index is 1180. The van der Waals surface area contributed by atoms with Crippen LogP contribution in [-0.2, 0) is 6.18 Å². The summed E-state index contributed by atoms with van der Waals surface area (Å²) in [5.41, 5.74) is 0.352. The van der Waals surface area contributed by atoms with Crippen molar-refractivity contribution in [2.75, 3.05) is 19.6 Å². The molecule has 2 heterocycles. The Hall–Kier alpha value is -2.87. The maximum Gasteiger partial charge on any atom is 0.418 e. The van der Waals surface area contributed by atoms with Crippen LogP contribution in [0.4, 0.5) is 13.2 Å². The van der Waals surface area contributed by atoms with Crippen molar-refractivity contribution in [2.45, 2.75) is 44.8 Å². The molecule has 1 unspecified atom stereocenters. The molecule has 1 N–H and O–H groups in total. The van der Waals surface area contributed by atoms with E-state index < -0.39 is 17.6 Å². The summed E-state index contributed by atoms with van der Waals surface area (Å²) in [5.74, 6) is 0.327. The summed E-state index contributed by atoms with van der Waals surface area (Å²) >= 11 is 0. The number of hydrogen-bond donors (Lipinski definition) is 1. The smallest absolute Gasteiger partial charge is 0.352 e. The van der Waals surface area contributed by atoms with Gasteiger partial charge >= 0.3 is 6.18 Å². The number of halogens is 3. The lowest BCUT2D eigenvalue weighted by molar-refractivity contribution is -0.137. The second-order valence-electron chi connectivity index (χ2n) is 9.16. The zero-order valence-corrected chi connectivity index (χ0v) is 18.5. The lowest BCUT2D eigenvalue weighted by Crippen LogP contribution is -2.39. The van der Waals surface area contributed by atoms with Crippen LogP contribution in [-0.4, -0.2) is 46.0 Å². The highest BCUT2D eigenvalue weighted by atomic mass is 19.4. The number of nitrogens with one attached hydrogen (secondary N) is 1. The second kappa shape index (κ2) is 8.48. The van der Waals surface area contributed by atoms with Crippen molar-refractivity contribution in [3.63, 3.8) is 0 Å². The molecule has 1 aliphatic heterocycles. The highest BCUT2D eigenvalue weighted by Crippen LogP contribution is 2.36. The van der Waals surface area contributed by atoms with Gasteiger partial charge < -0.3 is 10.2 Å². The van der Waals surface area contributed by atoms with Crippen LogP contribution in [0.5, 0.6) is 0 Å². The molecule has 0 spiro atoms. The fourth-order valence-corrected chi connectivity index (χ4v) is 5.00. The van der Waals surface area contributed by atoms with E-state index in [1.54, 1.807) is 31.2 Å². The molecule has 1 saturated carbocycles. The Balaban J connectivity index is 1.37. The fourth-order valence-electron chi connectivity index (χ4n) is 5.00. The van der Waals surface area contributed by atoms with E-state index in [0.717, 1.165) is 25.6 Å². The summed E-state index contributed by atoms with van der Waals surface area (Å²) in [6.07, 6.45) is 0.178. The zero-order chi connectivity index (χ0) is 23.2. The molecule has 1 aliphatic carbocycles. The van der Waals surface area contributed by atoms with Gasteiger partial charge in [0.25, 0.3) is 5.91 Å². The second-order valence-corrected chi connectivity index (χ2v) is 9.16. The van der Waals surface area contributed by atoms with Crippen LogP contribution in [0.1, 0.15) is 47.4 Å². The zero-order valence-electron chi connectivity index (χ0n) is 18.5. The van der Waals surface area contributed by atoms with E-state index in [2.05, 4.69) is 15.2 Å². The predicted molar refractivity (Wildman–Crippen MR) is 120 cm³/mol. The maximum absolute atomic E-state index is 14.0. The standard InChI is InChI=1S/C25H27F3N4O/c1-16-30-21-7-2-3-8-23(21)32(16)22-10-9-18(13-20(22)25(26,27)28)24(33)29-14-17-11-12-31(15-17)19-5-4-6-19/h2-3,7-10,13,17,19H,4-6,11-12,14-15H2,1H3,(H,29,33). The number of imidazole rings is 1. The molecule has 0 radical (unpaired) electrons. The lowest BCUT2D eigenvalue weighted by atomic mass is 9.92. The van der Waals surface area contributed by atoms with Gasteiger partial charge in [0.2, 0.25) is 0 Å². The number of likely N-dealkylation sites (tertiary alicyclic amines) is 1. The van der Waals surface area contributed by atoms with Crippen molar-refractivity contribution in [3.8, 4) is 5.69 Å². The molecule has 1 saturated heterocycles. The number of nitrogens with zero attached hydrogens (tertiary/aromatic N) is 3. The van der Waals surface area contributed by atoms with Crippen molar-refractivity contribution < 1.29 is 18.0 Å². The van der Waals surface area contributed by atoms with E-state index in [0.29, 0.717) is 35.4 Å². The van der Waals surface area contributed by atoms with E-state index >= 15 is 0 Å². The van der Waals surface area contributed by atoms with Gasteiger partial charge in [-0.05, 0) is 69.0 Å². The first-order valence-electron chi connectivity index (χ1n) is 11.5. The van der Waals surface area contributed by atoms with Gasteiger partial charge in [0.15, 0.2) is 0 Å². The summed E-state index contributed by atoms with van der Waals surface area (Å²) < 4.78 is 43.6. The lowest BCUT2D eigenvalue weighted by Gasteiger charge is -2.34. The van der Waals surface area contributed by atoms with Crippen molar-refractivity contribution in [2.24, 2.45) is 5.92 Å². The van der Waals surface area contributed by atoms with Gasteiger partial charge in [-0.1, -0.05) is 18.6 Å². The van der Waals surface area contributed by atoms with Crippen LogP contribution in [0.25, 0.3) is 16.7 Å². The molecule has 5 rings (SSSR count). The van der Waals surface area contributed by atoms with Crippen molar-refractivity contribution >= 4 is 16.9 Å². The molecule has 5 nitrogen and oxygen atoms in total. The van der Waals surface area contributed by atoms with Crippen LogP contribution in [0.2, 0.25) is 0 Å². The van der Waals surface area contributed by atoms with Gasteiger partial charge in [-0.25, -0.2) is 4.98 Å². The molecule has 1 aromatic heterocycles. The minimum absolute atomic E-state index is 0.0157. The Morgan fingerprint density at radius 1 is 1.15 bits per heavy atom. The number of fused-ring (bicyclic) bond motifs is 1. The number of hydrogen-bond acceptors (Lipinski definition) is 3. The molecule has 0 bridgehead atoms. The van der Waals surface area contributed by atoms with Crippen molar-refractivity contribution in [1.29, 1.82) is 0 Å². The van der Waals surface area contributed by atoms with Gasteiger partial charge in [-0.2, -0.15) is 13.2 Å². The molecule has 2 aliphatic rings. The van der Waals surface area contributed by atoms with Gasteiger partial charge in [0.1, 0.15) is 5.82 Å². The third-order valence-electron chi connectivity index (χ3n) is 6.99. The average Bonchev–Trinajstić information content (AvgIpc) is 3.33. The number of benzene rings is 2. The SMILES string of the molecule is Cc1nc2ccccc2n1-c1ccc(C(=O)NCC2CCN(C3CCC3)C2)cc1C(F)(F)F. The summed E-state index contributed by atoms with van der Waals surface area (Å²) in [5, 5.41) is 2.86. The number of carbonyl (C=O) groups excluding carboxylic acids is 1. The number of alkyl halides is 3. The quantitative estimate of drug-likeness (QED) is 0.591. The van der Waals surface area contributed by atoms with E-state index in [-0.39, 0.29) is 11.3 Å². The van der Waals surface area contributed by atoms with Crippen LogP contribution >= 0.6 is 0 Å². The summed E-state index contributed by atoms with van der Waals surface area (Å²) in [6.45, 7) is 4.15. The highest BCUT2D eigenvalue weighted by Gasteiger charge is 2.36. The Morgan fingerprint density at radius 3 is 2.67 bits per heavy atom. The summed E-state index contributed by atoms with van der Waals surface area (Å²) in [6, 6.07) is 11.5. The van der Waals surface area contributed by atoms with E-state index in [9.17, 15) is 18.0 Å². The molecular formula is C25H27F3N4O. The number of carbonyl (C=O) groups is 1. The molecule has 3 aromatic rings. The highest BCUT2D eigenvalue weighted by molar-refractivity contribution is 5.95. The van der Waals surface area contributed by atoms with Gasteiger partial charge in [0.05, 0.1) is 22.3 Å². The van der Waals surface area contributed by atoms with Crippen molar-refractivity contribution in [1.82, 2.24) is 19.8 Å². The first-order valence-corrected chi connectivity index (χ1v) is 11.5. The largest absolute Gasteiger partial charge is 0.418 e. The molecular weight excluding hydrogens is 429 g/mol. The van der Waals surface area contributed by atoms with Gasteiger partial charge in [-0.3, -0.25) is 9.36 Å². The molecule has 2 aromatic carbocycles. The summed E-state index contributed by atoms with van der Waals surface area (Å²) in [4.78, 5) is 19.6. The number of amides is 1. The molecule has 174 valence electrons. The third-order valence-corrected chi connectivity index (χ3v) is 6.99. The van der Waals surface area contributed by atoms with E-state index in [1.165, 1.54) is 36.0 Å². The molecule has 2 fully saturated rings. The minimum Gasteiger partial charge on any atom is -0.352 e. The maximum atomic E-state index is 14.0. The Kier molecular flexibility index (Phi) is 5.64. The van der Waals surface area contributed by atoms with E-state index in [4.69, 9.17) is 0 Å². The average molecular weight is 457 g/mol. The first kappa shape index (κ1) is 21.9.